The molecular formula is C35H60O5Si. The van der Waals surface area contributed by atoms with Gasteiger partial charge in [-0.15, -0.1) is 0 Å². The molecule has 2 N–H and O–H groups in total. The highest BCUT2D eigenvalue weighted by molar-refractivity contribution is 6.74. The first-order chi connectivity index (χ1) is 18.7. The van der Waals surface area contributed by atoms with Crippen molar-refractivity contribution in [2.24, 2.45) is 23.2 Å². The maximum atomic E-state index is 12.0. The predicted molar refractivity (Wildman–Crippen MR) is 171 cm³/mol. The van der Waals surface area contributed by atoms with Crippen LogP contribution in [0.4, 0.5) is 0 Å². The molecular weight excluding hydrogens is 528 g/mol. The molecule has 3 aliphatic carbocycles. The van der Waals surface area contributed by atoms with Crippen LogP contribution in [0.3, 0.4) is 0 Å². The molecule has 41 heavy (non-hydrogen) atoms. The van der Waals surface area contributed by atoms with Crippen LogP contribution in [0.1, 0.15) is 113 Å². The standard InChI is InChI=1S/C35H60O5Si/c1-23(13-12-18-34(7,8)38)30-16-17-31-27(20-29(39-25(3)36)22-35(30,31)9)15-14-26-19-28(21-32(37)24(26)2)40-41(10,11)33(4,5)6/h14-15,23,28-32,37-38H,2,12-13,16-22H2,1,3-11H3/b26-14-,27-15+/t23-,28-,29+,30-,31+,32+,35-/m1/s1. The summed E-state index contributed by atoms with van der Waals surface area (Å²) in [6.45, 7) is 25.6. The van der Waals surface area contributed by atoms with Crippen molar-refractivity contribution < 1.29 is 24.2 Å². The number of carbonyl (C=O) groups is 1. The van der Waals surface area contributed by atoms with Gasteiger partial charge in [0.1, 0.15) is 6.10 Å². The normalized spacial score (nSPS) is 34.1. The van der Waals surface area contributed by atoms with Crippen molar-refractivity contribution in [3.05, 3.63) is 35.5 Å². The number of allylic oxidation sites excluding steroid dienone is 2. The monoisotopic (exact) mass is 588 g/mol. The number of fused-ring (bicyclic) bond motifs is 1. The number of esters is 1. The topological polar surface area (TPSA) is 76.0 Å². The van der Waals surface area contributed by atoms with Gasteiger partial charge in [-0.2, -0.15) is 0 Å². The molecule has 0 aromatic rings. The van der Waals surface area contributed by atoms with E-state index in [0.29, 0.717) is 24.2 Å². The third-order valence-electron chi connectivity index (χ3n) is 11.0. The van der Waals surface area contributed by atoms with E-state index in [2.05, 4.69) is 66.4 Å². The number of hydrogen-bond donors (Lipinski definition) is 2. The Labute approximate surface area is 252 Å². The SMILES string of the molecule is C=C1/C(=C\C=C2/C[C@H](OC(C)=O)C[C@]3(C)[C@@H]([C@H](C)CCCC(C)(C)O)CC[C@@H]23)C[C@@H](O[Si](C)(C)C(C)(C)C)C[C@@H]1O. The van der Waals surface area contributed by atoms with Crippen molar-refractivity contribution in [2.75, 3.05) is 0 Å². The first-order valence-corrected chi connectivity index (χ1v) is 19.0. The van der Waals surface area contributed by atoms with Crippen LogP contribution in [0.25, 0.3) is 0 Å². The number of hydrogen-bond acceptors (Lipinski definition) is 5. The fourth-order valence-electron chi connectivity index (χ4n) is 7.76. The lowest BCUT2D eigenvalue weighted by Gasteiger charge is -2.47. The van der Waals surface area contributed by atoms with Gasteiger partial charge in [0.15, 0.2) is 8.32 Å². The molecule has 0 aliphatic heterocycles. The summed E-state index contributed by atoms with van der Waals surface area (Å²) in [4.78, 5) is 12.0. The average Bonchev–Trinajstić information content (AvgIpc) is 3.14. The Morgan fingerprint density at radius 3 is 2.39 bits per heavy atom. The molecule has 3 fully saturated rings. The van der Waals surface area contributed by atoms with Crippen LogP contribution < -0.4 is 0 Å². The smallest absolute Gasteiger partial charge is 0.302 e. The second-order valence-corrected chi connectivity index (χ2v) is 20.7. The molecule has 0 radical (unpaired) electrons. The van der Waals surface area contributed by atoms with Crippen LogP contribution in [0.5, 0.6) is 0 Å². The van der Waals surface area contributed by atoms with Gasteiger partial charge in [-0.25, -0.2) is 0 Å². The van der Waals surface area contributed by atoms with E-state index in [-0.39, 0.29) is 28.6 Å². The fourth-order valence-corrected chi connectivity index (χ4v) is 9.13. The molecule has 0 aromatic heterocycles. The molecule has 0 amide bonds. The van der Waals surface area contributed by atoms with Gasteiger partial charge in [-0.3, -0.25) is 4.79 Å². The summed E-state index contributed by atoms with van der Waals surface area (Å²) in [6.07, 6.45) is 12.0. The van der Waals surface area contributed by atoms with Gasteiger partial charge in [-0.1, -0.05) is 71.8 Å². The molecule has 3 saturated carbocycles. The minimum atomic E-state index is -1.97. The van der Waals surface area contributed by atoms with E-state index in [0.717, 1.165) is 56.1 Å². The molecule has 0 heterocycles. The van der Waals surface area contributed by atoms with Crippen LogP contribution in [0.2, 0.25) is 18.1 Å². The largest absolute Gasteiger partial charge is 0.462 e. The lowest BCUT2D eigenvalue weighted by Crippen LogP contribution is -2.46. The van der Waals surface area contributed by atoms with Crippen molar-refractivity contribution in [2.45, 2.75) is 155 Å². The van der Waals surface area contributed by atoms with E-state index in [4.69, 9.17) is 9.16 Å². The number of rotatable bonds is 9. The second-order valence-electron chi connectivity index (χ2n) is 16.0. The molecule has 0 aromatic carbocycles. The van der Waals surface area contributed by atoms with Crippen LogP contribution in [0.15, 0.2) is 35.5 Å². The Kier molecular flexibility index (Phi) is 10.7. The summed E-state index contributed by atoms with van der Waals surface area (Å²) in [5.41, 5.74) is 2.68. The Balaban J connectivity index is 1.85. The zero-order valence-electron chi connectivity index (χ0n) is 27.8. The fraction of sp³-hybridized carbons (Fsp3) is 0.800. The quantitative estimate of drug-likeness (QED) is 0.209. The molecule has 6 heteroatoms. The summed E-state index contributed by atoms with van der Waals surface area (Å²) >= 11 is 0. The second kappa shape index (κ2) is 12.8. The van der Waals surface area contributed by atoms with E-state index in [1.807, 2.05) is 13.8 Å². The van der Waals surface area contributed by atoms with Gasteiger partial charge in [0.25, 0.3) is 0 Å². The highest BCUT2D eigenvalue weighted by atomic mass is 28.4. The molecule has 3 aliphatic rings. The average molecular weight is 589 g/mol. The van der Waals surface area contributed by atoms with Gasteiger partial charge < -0.3 is 19.4 Å². The van der Waals surface area contributed by atoms with E-state index in [1.165, 1.54) is 18.9 Å². The van der Waals surface area contributed by atoms with Crippen molar-refractivity contribution in [1.29, 1.82) is 0 Å². The van der Waals surface area contributed by atoms with Gasteiger partial charge in [0.05, 0.1) is 17.8 Å². The van der Waals surface area contributed by atoms with E-state index < -0.39 is 20.0 Å². The number of carbonyl (C=O) groups excluding carboxylic acids is 1. The van der Waals surface area contributed by atoms with E-state index in [9.17, 15) is 15.0 Å². The Morgan fingerprint density at radius 1 is 1.15 bits per heavy atom. The highest BCUT2D eigenvalue weighted by Gasteiger charge is 2.53. The predicted octanol–water partition coefficient (Wildman–Crippen LogP) is 8.28. The molecule has 0 unspecified atom stereocenters. The Morgan fingerprint density at radius 2 is 1.80 bits per heavy atom. The molecule has 0 spiro atoms. The third-order valence-corrected chi connectivity index (χ3v) is 15.5. The van der Waals surface area contributed by atoms with Crippen LogP contribution in [-0.4, -0.2) is 48.4 Å². The maximum Gasteiger partial charge on any atom is 0.302 e. The zero-order valence-corrected chi connectivity index (χ0v) is 28.8. The van der Waals surface area contributed by atoms with Crippen LogP contribution in [-0.2, 0) is 14.0 Å². The number of aliphatic hydroxyl groups excluding tert-OH is 1. The summed E-state index contributed by atoms with van der Waals surface area (Å²) in [5, 5.41) is 21.2. The van der Waals surface area contributed by atoms with Gasteiger partial charge >= 0.3 is 5.97 Å². The summed E-state index contributed by atoms with van der Waals surface area (Å²) in [6, 6.07) is 0. The summed E-state index contributed by atoms with van der Waals surface area (Å²) in [5.74, 6) is 1.34. The Bertz CT molecular complexity index is 1010. The molecule has 0 saturated heterocycles. The molecule has 5 nitrogen and oxygen atoms in total. The van der Waals surface area contributed by atoms with Gasteiger partial charge in [0, 0.05) is 19.8 Å². The zero-order chi connectivity index (χ0) is 31.0. The van der Waals surface area contributed by atoms with Gasteiger partial charge in [0.2, 0.25) is 0 Å². The van der Waals surface area contributed by atoms with Crippen molar-refractivity contribution in [3.8, 4) is 0 Å². The molecule has 0 bridgehead atoms. The first-order valence-electron chi connectivity index (χ1n) is 16.1. The number of ether oxygens (including phenoxy) is 1. The van der Waals surface area contributed by atoms with Crippen molar-refractivity contribution >= 4 is 14.3 Å². The van der Waals surface area contributed by atoms with E-state index >= 15 is 0 Å². The maximum absolute atomic E-state index is 12.0. The van der Waals surface area contributed by atoms with Crippen molar-refractivity contribution in [3.63, 3.8) is 0 Å². The minimum Gasteiger partial charge on any atom is -0.462 e. The molecule has 7 atom stereocenters. The minimum absolute atomic E-state index is 0.00735. The van der Waals surface area contributed by atoms with Crippen LogP contribution >= 0.6 is 0 Å². The van der Waals surface area contributed by atoms with Crippen LogP contribution in [0, 0.1) is 23.2 Å². The first kappa shape index (κ1) is 34.3. The Hall–Kier alpha value is -1.21. The molecule has 3 rings (SSSR count). The molecule has 234 valence electrons. The lowest BCUT2D eigenvalue weighted by atomic mass is 9.60. The highest BCUT2D eigenvalue weighted by Crippen LogP contribution is 2.60. The summed E-state index contributed by atoms with van der Waals surface area (Å²) < 4.78 is 12.6. The lowest BCUT2D eigenvalue weighted by molar-refractivity contribution is -0.150. The third kappa shape index (κ3) is 8.46. The summed E-state index contributed by atoms with van der Waals surface area (Å²) in [7, 11) is -1.97. The van der Waals surface area contributed by atoms with E-state index in [1.54, 1.807) is 0 Å². The van der Waals surface area contributed by atoms with Crippen molar-refractivity contribution in [1.82, 2.24) is 0 Å². The van der Waals surface area contributed by atoms with Gasteiger partial charge in [-0.05, 0) is 98.4 Å². The number of aliphatic hydroxyl groups is 2.